The van der Waals surface area contributed by atoms with E-state index in [-0.39, 0.29) is 5.60 Å². The van der Waals surface area contributed by atoms with Crippen LogP contribution in [0.1, 0.15) is 32.2 Å². The monoisotopic (exact) mass is 243 g/mol. The van der Waals surface area contributed by atoms with E-state index in [2.05, 4.69) is 4.98 Å². The Balaban J connectivity index is 2.96. The molecule has 0 radical (unpaired) electrons. The Labute approximate surface area is 101 Å². The van der Waals surface area contributed by atoms with Crippen molar-refractivity contribution in [1.82, 2.24) is 4.98 Å². The summed E-state index contributed by atoms with van der Waals surface area (Å²) in [5.41, 5.74) is 1.09. The van der Waals surface area contributed by atoms with Gasteiger partial charge in [-0.15, -0.1) is 0 Å². The van der Waals surface area contributed by atoms with E-state index < -0.39 is 0 Å². The topological polar surface area (TPSA) is 22.1 Å². The summed E-state index contributed by atoms with van der Waals surface area (Å²) in [4.78, 5) is 4.26. The largest absolute Gasteiger partial charge is 0.476 e. The Morgan fingerprint density at radius 2 is 2.00 bits per heavy atom. The van der Waals surface area contributed by atoms with E-state index in [0.29, 0.717) is 15.8 Å². The molecule has 1 rings (SSSR count). The maximum absolute atomic E-state index is 5.99. The van der Waals surface area contributed by atoms with Crippen LogP contribution in [0.4, 0.5) is 0 Å². The summed E-state index contributed by atoms with van der Waals surface area (Å²) in [6.07, 6.45) is 0. The van der Waals surface area contributed by atoms with Gasteiger partial charge in [-0.2, -0.15) is 0 Å². The van der Waals surface area contributed by atoms with Crippen LogP contribution in [0.5, 0.6) is 0 Å². The standard InChI is InChI=1S/C11H14ClNOS/c1-7-5-6-8(12)9(13-7)10(15)14-11(2,3)4/h5-6H,1-4H3. The van der Waals surface area contributed by atoms with E-state index in [1.165, 1.54) is 0 Å². The summed E-state index contributed by atoms with van der Waals surface area (Å²) in [6, 6.07) is 3.61. The Kier molecular flexibility index (Phi) is 3.68. The van der Waals surface area contributed by atoms with Gasteiger partial charge in [0.1, 0.15) is 11.3 Å². The van der Waals surface area contributed by atoms with Gasteiger partial charge in [-0.05, 0) is 52.0 Å². The highest BCUT2D eigenvalue weighted by molar-refractivity contribution is 7.80. The van der Waals surface area contributed by atoms with Crippen LogP contribution in [0, 0.1) is 6.92 Å². The molecule has 0 aliphatic rings. The van der Waals surface area contributed by atoms with E-state index in [4.69, 9.17) is 28.6 Å². The molecule has 1 aromatic heterocycles. The molecule has 0 saturated carbocycles. The fraction of sp³-hybridized carbons (Fsp3) is 0.455. The first-order chi connectivity index (χ1) is 6.79. The first-order valence-corrected chi connectivity index (χ1v) is 5.45. The molecule has 0 spiro atoms. The summed E-state index contributed by atoms with van der Waals surface area (Å²) in [5.74, 6) is 0. The Hall–Kier alpha value is -0.670. The lowest BCUT2D eigenvalue weighted by atomic mass is 10.2. The van der Waals surface area contributed by atoms with Crippen LogP contribution in [-0.4, -0.2) is 15.6 Å². The first-order valence-electron chi connectivity index (χ1n) is 4.66. The molecule has 0 saturated heterocycles. The predicted octanol–water partition coefficient (Wildman–Crippen LogP) is 3.53. The molecule has 1 heterocycles. The molecule has 15 heavy (non-hydrogen) atoms. The number of rotatable bonds is 1. The molecule has 0 aliphatic heterocycles. The van der Waals surface area contributed by atoms with Gasteiger partial charge in [-0.25, -0.2) is 4.98 Å². The van der Waals surface area contributed by atoms with Gasteiger partial charge in [0.25, 0.3) is 0 Å². The number of hydrogen-bond donors (Lipinski definition) is 0. The van der Waals surface area contributed by atoms with Gasteiger partial charge in [0.05, 0.1) is 5.02 Å². The zero-order chi connectivity index (χ0) is 11.6. The second kappa shape index (κ2) is 4.45. The maximum atomic E-state index is 5.99. The summed E-state index contributed by atoms with van der Waals surface area (Å²) in [5, 5.41) is 0.867. The van der Waals surface area contributed by atoms with E-state index >= 15 is 0 Å². The van der Waals surface area contributed by atoms with Crippen LogP contribution in [0.25, 0.3) is 0 Å². The van der Waals surface area contributed by atoms with Crippen molar-refractivity contribution < 1.29 is 4.74 Å². The molecule has 0 atom stereocenters. The van der Waals surface area contributed by atoms with Gasteiger partial charge in [-0.1, -0.05) is 11.6 Å². The van der Waals surface area contributed by atoms with Crippen LogP contribution in [0.2, 0.25) is 5.02 Å². The molecule has 1 aromatic rings. The van der Waals surface area contributed by atoms with Gasteiger partial charge < -0.3 is 4.74 Å². The first kappa shape index (κ1) is 12.4. The van der Waals surface area contributed by atoms with Crippen molar-refractivity contribution in [3.05, 3.63) is 28.5 Å². The molecule has 0 aliphatic carbocycles. The van der Waals surface area contributed by atoms with Crippen molar-refractivity contribution in [2.75, 3.05) is 0 Å². The number of aryl methyl sites for hydroxylation is 1. The van der Waals surface area contributed by atoms with Gasteiger partial charge >= 0.3 is 0 Å². The zero-order valence-electron chi connectivity index (χ0n) is 9.30. The lowest BCUT2D eigenvalue weighted by molar-refractivity contribution is 0.122. The predicted molar refractivity (Wildman–Crippen MR) is 66.5 cm³/mol. The fourth-order valence-corrected chi connectivity index (χ4v) is 1.66. The average molecular weight is 244 g/mol. The minimum absolute atomic E-state index is 0.328. The van der Waals surface area contributed by atoms with Gasteiger partial charge in [0, 0.05) is 5.69 Å². The lowest BCUT2D eigenvalue weighted by Crippen LogP contribution is -2.24. The maximum Gasteiger partial charge on any atom is 0.212 e. The van der Waals surface area contributed by atoms with Crippen LogP contribution < -0.4 is 0 Å². The van der Waals surface area contributed by atoms with Crippen molar-refractivity contribution in [2.24, 2.45) is 0 Å². The minimum Gasteiger partial charge on any atom is -0.476 e. The quantitative estimate of drug-likeness (QED) is 0.705. The summed E-state index contributed by atoms with van der Waals surface area (Å²) < 4.78 is 5.54. The third-order valence-electron chi connectivity index (χ3n) is 1.58. The number of nitrogens with zero attached hydrogens (tertiary/aromatic N) is 1. The van der Waals surface area contributed by atoms with Gasteiger partial charge in [-0.3, -0.25) is 0 Å². The normalized spacial score (nSPS) is 11.3. The van der Waals surface area contributed by atoms with Crippen LogP contribution in [-0.2, 0) is 4.74 Å². The Bertz CT molecular complexity index is 385. The van der Waals surface area contributed by atoms with Crippen molar-refractivity contribution in [2.45, 2.75) is 33.3 Å². The lowest BCUT2D eigenvalue weighted by Gasteiger charge is -2.21. The highest BCUT2D eigenvalue weighted by Crippen LogP contribution is 2.19. The fourth-order valence-electron chi connectivity index (χ4n) is 1.01. The number of ether oxygens (including phenoxy) is 1. The zero-order valence-corrected chi connectivity index (χ0v) is 10.9. The molecule has 0 unspecified atom stereocenters. The molecular weight excluding hydrogens is 230 g/mol. The Morgan fingerprint density at radius 1 is 1.40 bits per heavy atom. The second-order valence-corrected chi connectivity index (χ2v) is 5.06. The summed E-state index contributed by atoms with van der Waals surface area (Å²) >= 11 is 11.1. The van der Waals surface area contributed by atoms with Gasteiger partial charge in [0.2, 0.25) is 5.05 Å². The van der Waals surface area contributed by atoms with Crippen molar-refractivity contribution in [1.29, 1.82) is 0 Å². The molecule has 0 aromatic carbocycles. The third kappa shape index (κ3) is 3.76. The van der Waals surface area contributed by atoms with Crippen molar-refractivity contribution in [3.8, 4) is 0 Å². The third-order valence-corrected chi connectivity index (χ3v) is 2.16. The highest BCUT2D eigenvalue weighted by Gasteiger charge is 2.17. The molecule has 0 N–H and O–H groups in total. The van der Waals surface area contributed by atoms with E-state index in [1.54, 1.807) is 6.07 Å². The van der Waals surface area contributed by atoms with Crippen molar-refractivity contribution in [3.63, 3.8) is 0 Å². The molecule has 2 nitrogen and oxygen atoms in total. The molecular formula is C11H14ClNOS. The molecule has 0 amide bonds. The number of aromatic nitrogens is 1. The second-order valence-electron chi connectivity index (χ2n) is 4.28. The Morgan fingerprint density at radius 3 is 2.53 bits per heavy atom. The molecule has 0 fully saturated rings. The van der Waals surface area contributed by atoms with E-state index in [9.17, 15) is 0 Å². The minimum atomic E-state index is -0.328. The summed E-state index contributed by atoms with van der Waals surface area (Å²) in [7, 11) is 0. The highest BCUT2D eigenvalue weighted by atomic mass is 35.5. The molecule has 0 bridgehead atoms. The summed E-state index contributed by atoms with van der Waals surface area (Å²) in [6.45, 7) is 7.69. The van der Waals surface area contributed by atoms with E-state index in [0.717, 1.165) is 5.69 Å². The molecule has 4 heteroatoms. The molecule has 82 valence electrons. The van der Waals surface area contributed by atoms with Crippen molar-refractivity contribution >= 4 is 28.9 Å². The number of pyridine rings is 1. The smallest absolute Gasteiger partial charge is 0.212 e. The SMILES string of the molecule is Cc1ccc(Cl)c(C(=S)OC(C)(C)C)n1. The number of thiocarbonyl (C=S) groups is 1. The van der Waals surface area contributed by atoms with Crippen LogP contribution >= 0.6 is 23.8 Å². The van der Waals surface area contributed by atoms with Gasteiger partial charge in [0.15, 0.2) is 0 Å². The van der Waals surface area contributed by atoms with Crippen LogP contribution in [0.3, 0.4) is 0 Å². The van der Waals surface area contributed by atoms with Crippen LogP contribution in [0.15, 0.2) is 12.1 Å². The average Bonchev–Trinajstić information content (AvgIpc) is 2.06. The number of halogens is 1. The number of hydrogen-bond acceptors (Lipinski definition) is 3. The van der Waals surface area contributed by atoms with E-state index in [1.807, 2.05) is 33.8 Å².